The fraction of sp³-hybridized carbons (Fsp3) is 0.296. The number of hydrogen-bond acceptors (Lipinski definition) is 2. The summed E-state index contributed by atoms with van der Waals surface area (Å²) in [6, 6.07) is 21.7. The number of fused-ring (bicyclic) bond motifs is 1. The van der Waals surface area contributed by atoms with Gasteiger partial charge in [-0.15, -0.1) is 11.3 Å². The van der Waals surface area contributed by atoms with Gasteiger partial charge in [-0.2, -0.15) is 0 Å². The van der Waals surface area contributed by atoms with Crippen molar-refractivity contribution in [1.82, 2.24) is 9.88 Å². The van der Waals surface area contributed by atoms with E-state index in [1.54, 1.807) is 11.3 Å². The Kier molecular flexibility index (Phi) is 4.50. The number of benzene rings is 2. The fourth-order valence-corrected chi connectivity index (χ4v) is 6.31. The Morgan fingerprint density at radius 2 is 1.74 bits per heavy atom. The van der Waals surface area contributed by atoms with Crippen molar-refractivity contribution in [1.29, 1.82) is 0 Å². The molecule has 2 saturated carbocycles. The quantitative estimate of drug-likeness (QED) is 0.389. The SMILES string of the molecule is O=C(NC1CC2(CCC2)C1)c1csc2ccn(Cc3ccc(-c4ccccc4)cc3)c12. The van der Waals surface area contributed by atoms with Crippen LogP contribution in [0.3, 0.4) is 0 Å². The smallest absolute Gasteiger partial charge is 0.254 e. The van der Waals surface area contributed by atoms with Crippen molar-refractivity contribution < 1.29 is 4.79 Å². The summed E-state index contributed by atoms with van der Waals surface area (Å²) in [5.41, 5.74) is 6.15. The number of hydrogen-bond donors (Lipinski definition) is 1. The van der Waals surface area contributed by atoms with E-state index in [0.717, 1.165) is 17.6 Å². The molecule has 4 heteroatoms. The highest BCUT2D eigenvalue weighted by Gasteiger charge is 2.48. The highest BCUT2D eigenvalue weighted by Crippen LogP contribution is 2.55. The molecule has 0 unspecified atom stereocenters. The van der Waals surface area contributed by atoms with Crippen molar-refractivity contribution in [3.63, 3.8) is 0 Å². The fourth-order valence-electron chi connectivity index (χ4n) is 5.37. The monoisotopic (exact) mass is 426 g/mol. The molecule has 0 saturated heterocycles. The average Bonchev–Trinajstić information content (AvgIpc) is 3.33. The van der Waals surface area contributed by atoms with Crippen molar-refractivity contribution in [2.24, 2.45) is 5.41 Å². The van der Waals surface area contributed by atoms with Gasteiger partial charge in [0.25, 0.3) is 5.91 Å². The number of rotatable bonds is 5. The maximum absolute atomic E-state index is 13.0. The van der Waals surface area contributed by atoms with E-state index in [9.17, 15) is 4.79 Å². The molecular weight excluding hydrogens is 400 g/mol. The van der Waals surface area contributed by atoms with Crippen LogP contribution in [0.4, 0.5) is 0 Å². The molecule has 0 aliphatic heterocycles. The van der Waals surface area contributed by atoms with Gasteiger partial charge < -0.3 is 9.88 Å². The largest absolute Gasteiger partial charge is 0.349 e. The minimum Gasteiger partial charge on any atom is -0.349 e. The van der Waals surface area contributed by atoms with Gasteiger partial charge in [0.1, 0.15) is 0 Å². The summed E-state index contributed by atoms with van der Waals surface area (Å²) in [5, 5.41) is 5.32. The lowest BCUT2D eigenvalue weighted by Gasteiger charge is -2.54. The summed E-state index contributed by atoms with van der Waals surface area (Å²) in [4.78, 5) is 13.0. The molecule has 6 rings (SSSR count). The first kappa shape index (κ1) is 18.9. The highest BCUT2D eigenvalue weighted by molar-refractivity contribution is 7.17. The molecule has 2 aromatic heterocycles. The van der Waals surface area contributed by atoms with E-state index in [2.05, 4.69) is 70.7 Å². The van der Waals surface area contributed by atoms with Crippen LogP contribution in [-0.2, 0) is 6.54 Å². The molecule has 31 heavy (non-hydrogen) atoms. The topological polar surface area (TPSA) is 34.0 Å². The molecule has 1 spiro atoms. The molecule has 1 amide bonds. The maximum atomic E-state index is 13.0. The summed E-state index contributed by atoms with van der Waals surface area (Å²) < 4.78 is 3.39. The first-order valence-electron chi connectivity index (χ1n) is 11.2. The van der Waals surface area contributed by atoms with Crippen LogP contribution in [0.5, 0.6) is 0 Å². The molecular formula is C27H26N2OS. The zero-order chi connectivity index (χ0) is 20.8. The van der Waals surface area contributed by atoms with Crippen LogP contribution in [0.25, 0.3) is 21.3 Å². The molecule has 2 fully saturated rings. The van der Waals surface area contributed by atoms with Crippen molar-refractivity contribution in [2.75, 3.05) is 0 Å². The normalized spacial score (nSPS) is 17.4. The Bertz CT molecular complexity index is 1220. The number of amides is 1. The van der Waals surface area contributed by atoms with E-state index >= 15 is 0 Å². The van der Waals surface area contributed by atoms with E-state index in [1.165, 1.54) is 53.5 Å². The van der Waals surface area contributed by atoms with Gasteiger partial charge >= 0.3 is 0 Å². The lowest BCUT2D eigenvalue weighted by atomic mass is 9.54. The molecule has 156 valence electrons. The average molecular weight is 427 g/mol. The van der Waals surface area contributed by atoms with Crippen LogP contribution in [-0.4, -0.2) is 16.5 Å². The molecule has 1 N–H and O–H groups in total. The maximum Gasteiger partial charge on any atom is 0.254 e. The van der Waals surface area contributed by atoms with E-state index in [1.807, 2.05) is 11.4 Å². The molecule has 0 atom stereocenters. The number of nitrogens with one attached hydrogen (secondary N) is 1. The molecule has 2 aliphatic rings. The molecule has 4 aromatic rings. The zero-order valence-electron chi connectivity index (χ0n) is 17.5. The van der Waals surface area contributed by atoms with Crippen molar-refractivity contribution in [3.05, 3.63) is 83.4 Å². The van der Waals surface area contributed by atoms with Gasteiger partial charge in [0.05, 0.1) is 15.8 Å². The van der Waals surface area contributed by atoms with Gasteiger partial charge in [-0.1, -0.05) is 61.0 Å². The van der Waals surface area contributed by atoms with Crippen LogP contribution in [0.2, 0.25) is 0 Å². The standard InChI is InChI=1S/C27H26N2OS/c30-26(28-22-15-27(16-22)12-4-13-27)23-18-31-24-11-14-29(25(23)24)17-19-7-9-21(10-8-19)20-5-2-1-3-6-20/h1-3,5-11,14,18,22H,4,12-13,15-17H2,(H,28,30). The Labute approximate surface area is 186 Å². The van der Waals surface area contributed by atoms with E-state index in [-0.39, 0.29) is 5.91 Å². The molecule has 0 radical (unpaired) electrons. The van der Waals surface area contributed by atoms with E-state index in [0.29, 0.717) is 11.5 Å². The van der Waals surface area contributed by atoms with Crippen molar-refractivity contribution in [3.8, 4) is 11.1 Å². The van der Waals surface area contributed by atoms with Gasteiger partial charge in [-0.25, -0.2) is 0 Å². The summed E-state index contributed by atoms with van der Waals surface area (Å²) in [6.45, 7) is 0.766. The molecule has 3 nitrogen and oxygen atoms in total. The molecule has 2 aromatic carbocycles. The third kappa shape index (κ3) is 3.39. The molecule has 2 aliphatic carbocycles. The second-order valence-corrected chi connectivity index (χ2v) is 10.2. The highest BCUT2D eigenvalue weighted by atomic mass is 32.1. The summed E-state index contributed by atoms with van der Waals surface area (Å²) in [5.74, 6) is 0.0878. The third-order valence-corrected chi connectivity index (χ3v) is 8.19. The first-order chi connectivity index (χ1) is 15.2. The number of carbonyl (C=O) groups is 1. The lowest BCUT2D eigenvalue weighted by Crippen LogP contribution is -2.53. The zero-order valence-corrected chi connectivity index (χ0v) is 18.3. The lowest BCUT2D eigenvalue weighted by molar-refractivity contribution is -0.000597. The number of aromatic nitrogens is 1. The van der Waals surface area contributed by atoms with Crippen LogP contribution in [0.1, 0.15) is 48.0 Å². The van der Waals surface area contributed by atoms with Gasteiger partial charge in [-0.05, 0) is 53.9 Å². The predicted octanol–water partition coefficient (Wildman–Crippen LogP) is 6.48. The van der Waals surface area contributed by atoms with Gasteiger partial charge in [0, 0.05) is 24.2 Å². The Morgan fingerprint density at radius 1 is 1.00 bits per heavy atom. The summed E-state index contributed by atoms with van der Waals surface area (Å²) in [7, 11) is 0. The minimum absolute atomic E-state index is 0.0878. The third-order valence-electron chi connectivity index (χ3n) is 7.25. The molecule has 2 heterocycles. The van der Waals surface area contributed by atoms with Crippen LogP contribution >= 0.6 is 11.3 Å². The van der Waals surface area contributed by atoms with Gasteiger partial charge in [0.2, 0.25) is 0 Å². The summed E-state index contributed by atoms with van der Waals surface area (Å²) in [6.07, 6.45) is 8.52. The summed E-state index contributed by atoms with van der Waals surface area (Å²) >= 11 is 1.66. The minimum atomic E-state index is 0.0878. The van der Waals surface area contributed by atoms with Gasteiger partial charge in [0.15, 0.2) is 0 Å². The predicted molar refractivity (Wildman–Crippen MR) is 128 cm³/mol. The number of thiophene rings is 1. The second kappa shape index (κ2) is 7.38. The number of nitrogens with zero attached hydrogens (tertiary/aromatic N) is 1. The Hall–Kier alpha value is -2.85. The Balaban J connectivity index is 1.19. The number of carbonyl (C=O) groups excluding carboxylic acids is 1. The second-order valence-electron chi connectivity index (χ2n) is 9.30. The van der Waals surface area contributed by atoms with Crippen LogP contribution in [0, 0.1) is 5.41 Å². The van der Waals surface area contributed by atoms with Crippen molar-refractivity contribution >= 4 is 27.5 Å². The van der Waals surface area contributed by atoms with Crippen LogP contribution < -0.4 is 5.32 Å². The van der Waals surface area contributed by atoms with E-state index in [4.69, 9.17) is 0 Å². The van der Waals surface area contributed by atoms with E-state index < -0.39 is 0 Å². The van der Waals surface area contributed by atoms with Crippen LogP contribution in [0.15, 0.2) is 72.2 Å². The van der Waals surface area contributed by atoms with Gasteiger partial charge in [-0.3, -0.25) is 4.79 Å². The van der Waals surface area contributed by atoms with Crippen molar-refractivity contribution in [2.45, 2.75) is 44.7 Å². The molecule has 0 bridgehead atoms. The first-order valence-corrected chi connectivity index (χ1v) is 12.1. The Morgan fingerprint density at radius 3 is 2.45 bits per heavy atom.